The fourth-order valence-electron chi connectivity index (χ4n) is 2.46. The first-order valence-corrected chi connectivity index (χ1v) is 7.56. The summed E-state index contributed by atoms with van der Waals surface area (Å²) < 4.78 is 5.40. The van der Waals surface area contributed by atoms with Crippen molar-refractivity contribution in [1.82, 2.24) is 0 Å². The maximum Gasteiger partial charge on any atom is 0.122 e. The van der Waals surface area contributed by atoms with Crippen LogP contribution in [0.15, 0.2) is 18.2 Å². The number of unbranched alkanes of at least 4 members (excludes halogenated alkanes) is 4. The van der Waals surface area contributed by atoms with Crippen LogP contribution in [0.5, 0.6) is 5.75 Å². The average Bonchev–Trinajstić information content (AvgIpc) is 2.39. The summed E-state index contributed by atoms with van der Waals surface area (Å²) in [6.45, 7) is 4.36. The van der Waals surface area contributed by atoms with Gasteiger partial charge in [-0.1, -0.05) is 56.7 Å². The molecule has 2 N–H and O–H groups in total. The molecule has 108 valence electrons. The van der Waals surface area contributed by atoms with Gasteiger partial charge in [0.15, 0.2) is 0 Å². The van der Waals surface area contributed by atoms with Crippen molar-refractivity contribution in [3.05, 3.63) is 29.3 Å². The second-order valence-electron chi connectivity index (χ2n) is 5.48. The van der Waals surface area contributed by atoms with E-state index in [1.54, 1.807) is 7.11 Å². The van der Waals surface area contributed by atoms with E-state index in [2.05, 4.69) is 26.0 Å². The average molecular weight is 263 g/mol. The van der Waals surface area contributed by atoms with Crippen molar-refractivity contribution in [3.8, 4) is 5.75 Å². The molecule has 0 radical (unpaired) electrons. The number of benzene rings is 1. The highest BCUT2D eigenvalue weighted by molar-refractivity contribution is 5.37. The van der Waals surface area contributed by atoms with Crippen LogP contribution < -0.4 is 10.5 Å². The van der Waals surface area contributed by atoms with Crippen LogP contribution in [0.2, 0.25) is 0 Å². The molecule has 0 aliphatic carbocycles. The van der Waals surface area contributed by atoms with Gasteiger partial charge >= 0.3 is 0 Å². The summed E-state index contributed by atoms with van der Waals surface area (Å²) >= 11 is 0. The number of ether oxygens (including phenoxy) is 1. The van der Waals surface area contributed by atoms with Gasteiger partial charge in [0.25, 0.3) is 0 Å². The summed E-state index contributed by atoms with van der Waals surface area (Å²) in [5, 5.41) is 0. The zero-order valence-electron chi connectivity index (χ0n) is 12.7. The molecule has 0 bridgehead atoms. The third kappa shape index (κ3) is 6.11. The lowest BCUT2D eigenvalue weighted by atomic mass is 9.99. The molecule has 0 spiro atoms. The topological polar surface area (TPSA) is 35.2 Å². The molecule has 0 aromatic heterocycles. The lowest BCUT2D eigenvalue weighted by Gasteiger charge is -2.15. The predicted molar refractivity (Wildman–Crippen MR) is 82.8 cm³/mol. The molecule has 0 saturated carbocycles. The summed E-state index contributed by atoms with van der Waals surface area (Å²) in [6.07, 6.45) is 8.58. The summed E-state index contributed by atoms with van der Waals surface area (Å²) in [7, 11) is 1.73. The maximum absolute atomic E-state index is 6.24. The first kappa shape index (κ1) is 16.0. The Balaban J connectivity index is 2.39. The lowest BCUT2D eigenvalue weighted by molar-refractivity contribution is 0.406. The largest absolute Gasteiger partial charge is 0.496 e. The Morgan fingerprint density at radius 1 is 1.16 bits per heavy atom. The second kappa shape index (κ2) is 8.98. The molecule has 1 aromatic rings. The number of aryl methyl sites for hydroxylation is 1. The monoisotopic (exact) mass is 263 g/mol. The van der Waals surface area contributed by atoms with E-state index in [1.807, 2.05) is 6.07 Å². The number of rotatable bonds is 9. The summed E-state index contributed by atoms with van der Waals surface area (Å²) in [5.74, 6) is 0.965. The summed E-state index contributed by atoms with van der Waals surface area (Å²) in [6, 6.07) is 6.56. The Morgan fingerprint density at radius 3 is 2.58 bits per heavy atom. The Hall–Kier alpha value is -1.02. The summed E-state index contributed by atoms with van der Waals surface area (Å²) in [4.78, 5) is 0. The van der Waals surface area contributed by atoms with Crippen LogP contribution in [0.25, 0.3) is 0 Å². The third-order valence-electron chi connectivity index (χ3n) is 3.60. The highest BCUT2D eigenvalue weighted by atomic mass is 16.5. The minimum atomic E-state index is 0.248. The molecule has 1 unspecified atom stereocenters. The van der Waals surface area contributed by atoms with Crippen molar-refractivity contribution in [2.45, 2.75) is 64.8 Å². The Kier molecular flexibility index (Phi) is 7.57. The fourth-order valence-corrected chi connectivity index (χ4v) is 2.46. The van der Waals surface area contributed by atoms with Crippen molar-refractivity contribution in [2.75, 3.05) is 7.11 Å². The van der Waals surface area contributed by atoms with Crippen LogP contribution >= 0.6 is 0 Å². The number of hydrogen-bond acceptors (Lipinski definition) is 2. The van der Waals surface area contributed by atoms with Crippen LogP contribution in [0.3, 0.4) is 0 Å². The van der Waals surface area contributed by atoms with Gasteiger partial charge in [-0.3, -0.25) is 0 Å². The number of methoxy groups -OCH3 is 1. The molecule has 0 heterocycles. The predicted octanol–water partition coefficient (Wildman–Crippen LogP) is 4.23. The van der Waals surface area contributed by atoms with Gasteiger partial charge in [-0.2, -0.15) is 0 Å². The van der Waals surface area contributed by atoms with Crippen molar-refractivity contribution >= 4 is 0 Å². The van der Waals surface area contributed by atoms with Crippen molar-refractivity contribution < 1.29 is 4.74 Å². The lowest BCUT2D eigenvalue weighted by Crippen LogP contribution is -2.23. The van der Waals surface area contributed by atoms with Gasteiger partial charge in [-0.05, 0) is 31.4 Å². The highest BCUT2D eigenvalue weighted by Gasteiger charge is 2.09. The minimum absolute atomic E-state index is 0.248. The van der Waals surface area contributed by atoms with E-state index in [1.165, 1.54) is 43.2 Å². The molecule has 0 saturated heterocycles. The molecular weight excluding hydrogens is 234 g/mol. The third-order valence-corrected chi connectivity index (χ3v) is 3.60. The van der Waals surface area contributed by atoms with Crippen LogP contribution in [0.1, 0.15) is 56.6 Å². The van der Waals surface area contributed by atoms with Gasteiger partial charge < -0.3 is 10.5 Å². The second-order valence-corrected chi connectivity index (χ2v) is 5.48. The van der Waals surface area contributed by atoms with Gasteiger partial charge in [-0.15, -0.1) is 0 Å². The first-order chi connectivity index (χ1) is 9.17. The van der Waals surface area contributed by atoms with E-state index >= 15 is 0 Å². The van der Waals surface area contributed by atoms with E-state index in [0.29, 0.717) is 0 Å². The maximum atomic E-state index is 6.24. The van der Waals surface area contributed by atoms with E-state index in [9.17, 15) is 0 Å². The Bertz CT molecular complexity index is 362. The normalized spacial score (nSPS) is 12.4. The highest BCUT2D eigenvalue weighted by Crippen LogP contribution is 2.22. The SMILES string of the molecule is CCCCCCCC(N)Cc1cc(C)ccc1OC. The van der Waals surface area contributed by atoms with Crippen LogP contribution in [0.4, 0.5) is 0 Å². The van der Waals surface area contributed by atoms with Gasteiger partial charge in [0.2, 0.25) is 0 Å². The Morgan fingerprint density at radius 2 is 1.89 bits per heavy atom. The molecule has 0 amide bonds. The molecule has 2 heteroatoms. The number of nitrogens with two attached hydrogens (primary N) is 1. The molecule has 0 aliphatic rings. The van der Waals surface area contributed by atoms with Crippen LogP contribution in [-0.4, -0.2) is 13.2 Å². The van der Waals surface area contributed by atoms with Gasteiger partial charge in [0, 0.05) is 6.04 Å². The quantitative estimate of drug-likeness (QED) is 0.677. The van der Waals surface area contributed by atoms with Gasteiger partial charge in [0.1, 0.15) is 5.75 Å². The molecule has 0 fully saturated rings. The van der Waals surface area contributed by atoms with Crippen molar-refractivity contribution in [1.29, 1.82) is 0 Å². The zero-order valence-corrected chi connectivity index (χ0v) is 12.7. The van der Waals surface area contributed by atoms with Gasteiger partial charge in [0.05, 0.1) is 7.11 Å². The van der Waals surface area contributed by atoms with E-state index < -0.39 is 0 Å². The van der Waals surface area contributed by atoms with Crippen LogP contribution in [0, 0.1) is 6.92 Å². The smallest absolute Gasteiger partial charge is 0.122 e. The fraction of sp³-hybridized carbons (Fsp3) is 0.647. The molecule has 0 aliphatic heterocycles. The molecule has 1 aromatic carbocycles. The Labute approximate surface area is 118 Å². The van der Waals surface area contributed by atoms with Crippen molar-refractivity contribution in [3.63, 3.8) is 0 Å². The van der Waals surface area contributed by atoms with E-state index in [0.717, 1.165) is 18.6 Å². The van der Waals surface area contributed by atoms with Crippen LogP contribution in [-0.2, 0) is 6.42 Å². The molecular formula is C17H29NO. The first-order valence-electron chi connectivity index (χ1n) is 7.56. The molecule has 1 atom stereocenters. The number of hydrogen-bond donors (Lipinski definition) is 1. The minimum Gasteiger partial charge on any atom is -0.496 e. The van der Waals surface area contributed by atoms with E-state index in [4.69, 9.17) is 10.5 Å². The molecule has 1 rings (SSSR count). The molecule has 2 nitrogen and oxygen atoms in total. The van der Waals surface area contributed by atoms with E-state index in [-0.39, 0.29) is 6.04 Å². The summed E-state index contributed by atoms with van der Waals surface area (Å²) in [5.41, 5.74) is 8.75. The standard InChI is InChI=1S/C17H29NO/c1-4-5-6-7-8-9-16(18)13-15-12-14(2)10-11-17(15)19-3/h10-12,16H,4-9,13,18H2,1-3H3. The zero-order chi connectivity index (χ0) is 14.1. The van der Waals surface area contributed by atoms with Gasteiger partial charge in [-0.25, -0.2) is 0 Å². The van der Waals surface area contributed by atoms with Crippen molar-refractivity contribution in [2.24, 2.45) is 5.73 Å². The molecule has 19 heavy (non-hydrogen) atoms.